The highest BCUT2D eigenvalue weighted by atomic mass is 35.5. The van der Waals surface area contributed by atoms with Crippen LogP contribution < -0.4 is 5.32 Å². The summed E-state index contributed by atoms with van der Waals surface area (Å²) in [6.07, 6.45) is 1.65. The number of hydrogen-bond acceptors (Lipinski definition) is 4. The van der Waals surface area contributed by atoms with Crippen LogP contribution in [0.3, 0.4) is 0 Å². The molecule has 8 heteroatoms. The summed E-state index contributed by atoms with van der Waals surface area (Å²) in [5.41, 5.74) is -0.0938. The van der Waals surface area contributed by atoms with Crippen molar-refractivity contribution in [1.29, 1.82) is 0 Å². The van der Waals surface area contributed by atoms with Crippen molar-refractivity contribution in [2.45, 2.75) is 26.3 Å². The number of methoxy groups -OCH3 is 1. The molecule has 5 nitrogen and oxygen atoms in total. The molecule has 0 fully saturated rings. The van der Waals surface area contributed by atoms with Gasteiger partial charge in [-0.1, -0.05) is 48.7 Å². The first-order chi connectivity index (χ1) is 9.77. The van der Waals surface area contributed by atoms with Gasteiger partial charge in [0.2, 0.25) is 0 Å². The zero-order chi connectivity index (χ0) is 16.2. The molecule has 0 aromatic carbocycles. The third kappa shape index (κ3) is 4.73. The smallest absolute Gasteiger partial charge is 0.328 e. The molecule has 1 amide bonds. The van der Waals surface area contributed by atoms with Crippen molar-refractivity contribution < 1.29 is 14.3 Å². The van der Waals surface area contributed by atoms with Crippen LogP contribution in [0.25, 0.3) is 0 Å². The Labute approximate surface area is 137 Å². The van der Waals surface area contributed by atoms with Gasteiger partial charge in [0.1, 0.15) is 11.7 Å². The Bertz CT molecular complexity index is 550. The summed E-state index contributed by atoms with van der Waals surface area (Å²) < 4.78 is 4.67. The molecule has 0 aliphatic rings. The average Bonchev–Trinajstić information content (AvgIpc) is 2.42. The number of nitrogens with zero attached hydrogens (tertiary/aromatic N) is 1. The molecule has 0 aliphatic heterocycles. The summed E-state index contributed by atoms with van der Waals surface area (Å²) in [5, 5.41) is 2.66. The Morgan fingerprint density at radius 1 is 1.29 bits per heavy atom. The van der Waals surface area contributed by atoms with E-state index >= 15 is 0 Å². The second-order valence-electron chi connectivity index (χ2n) is 4.76. The van der Waals surface area contributed by atoms with E-state index in [0.717, 1.165) is 0 Å². The van der Waals surface area contributed by atoms with Gasteiger partial charge in [-0.05, 0) is 12.3 Å². The van der Waals surface area contributed by atoms with Crippen molar-refractivity contribution in [2.75, 3.05) is 7.11 Å². The number of halogens is 3. The molecule has 1 unspecified atom stereocenters. The molecule has 1 atom stereocenters. The maximum atomic E-state index is 12.2. The van der Waals surface area contributed by atoms with Crippen LogP contribution in [0.4, 0.5) is 0 Å². The minimum atomic E-state index is -0.783. The molecule has 0 bridgehead atoms. The summed E-state index contributed by atoms with van der Waals surface area (Å²) >= 11 is 17.6. The number of carbonyl (C=O) groups is 2. The molecule has 0 saturated heterocycles. The Morgan fingerprint density at radius 3 is 2.43 bits per heavy atom. The fraction of sp³-hybridized carbons (Fsp3) is 0.462. The minimum Gasteiger partial charge on any atom is -0.467 e. The van der Waals surface area contributed by atoms with Gasteiger partial charge in [0.05, 0.1) is 22.2 Å². The van der Waals surface area contributed by atoms with E-state index in [1.807, 2.05) is 13.8 Å². The largest absolute Gasteiger partial charge is 0.467 e. The van der Waals surface area contributed by atoms with Crippen molar-refractivity contribution in [1.82, 2.24) is 10.3 Å². The highest BCUT2D eigenvalue weighted by molar-refractivity contribution is 6.48. The summed E-state index contributed by atoms with van der Waals surface area (Å²) in [4.78, 5) is 27.7. The molecule has 0 spiro atoms. The van der Waals surface area contributed by atoms with Crippen molar-refractivity contribution in [3.8, 4) is 0 Å². The predicted octanol–water partition coefficient (Wildman–Crippen LogP) is 3.36. The first kappa shape index (κ1) is 18.0. The molecule has 1 N–H and O–H groups in total. The molecule has 21 heavy (non-hydrogen) atoms. The lowest BCUT2D eigenvalue weighted by Crippen LogP contribution is -2.42. The minimum absolute atomic E-state index is 0.0389. The number of nitrogens with one attached hydrogen (secondary N) is 1. The third-order valence-electron chi connectivity index (χ3n) is 2.63. The highest BCUT2D eigenvalue weighted by Gasteiger charge is 2.25. The second kappa shape index (κ2) is 7.82. The van der Waals surface area contributed by atoms with Gasteiger partial charge >= 0.3 is 5.97 Å². The fourth-order valence-corrected chi connectivity index (χ4v) is 2.22. The van der Waals surface area contributed by atoms with Crippen molar-refractivity contribution in [2.24, 2.45) is 5.92 Å². The molecule has 0 aliphatic carbocycles. The fourth-order valence-electron chi connectivity index (χ4n) is 1.66. The highest BCUT2D eigenvalue weighted by Crippen LogP contribution is 2.31. The normalized spacial score (nSPS) is 12.1. The zero-order valence-corrected chi connectivity index (χ0v) is 14.0. The zero-order valence-electron chi connectivity index (χ0n) is 11.7. The van der Waals surface area contributed by atoms with Gasteiger partial charge in [-0.2, -0.15) is 0 Å². The van der Waals surface area contributed by atoms with Gasteiger partial charge in [0.25, 0.3) is 5.91 Å². The summed E-state index contributed by atoms with van der Waals surface area (Å²) in [6.45, 7) is 3.85. The number of pyridine rings is 1. The predicted molar refractivity (Wildman–Crippen MR) is 82.0 cm³/mol. The third-order valence-corrected chi connectivity index (χ3v) is 3.87. The summed E-state index contributed by atoms with van der Waals surface area (Å²) in [6, 6.07) is -0.783. The lowest BCUT2D eigenvalue weighted by molar-refractivity contribution is -0.143. The van der Waals surface area contributed by atoms with E-state index in [1.54, 1.807) is 0 Å². The molecule has 0 radical (unpaired) electrons. The standard InChI is InChI=1S/C13H15Cl3N2O3/c1-6(2)4-8(13(20)21-3)18-12(19)11-10(16)9(15)7(14)5-17-11/h5-6,8H,4H2,1-3H3,(H,18,19). The Kier molecular flexibility index (Phi) is 6.71. The van der Waals surface area contributed by atoms with E-state index in [2.05, 4.69) is 15.0 Å². The Hall–Kier alpha value is -1.04. The number of ether oxygens (including phenoxy) is 1. The lowest BCUT2D eigenvalue weighted by atomic mass is 10.0. The van der Waals surface area contributed by atoms with E-state index in [0.29, 0.717) is 6.42 Å². The number of aromatic nitrogens is 1. The number of amides is 1. The van der Waals surface area contributed by atoms with Crippen LogP contribution in [0.5, 0.6) is 0 Å². The molecule has 1 aromatic heterocycles. The molecule has 0 saturated carbocycles. The van der Waals surface area contributed by atoms with E-state index in [-0.39, 0.29) is 26.7 Å². The first-order valence-electron chi connectivity index (χ1n) is 6.16. The maximum absolute atomic E-state index is 12.2. The van der Waals surface area contributed by atoms with Crippen LogP contribution in [0, 0.1) is 5.92 Å². The van der Waals surface area contributed by atoms with Crippen LogP contribution in [-0.4, -0.2) is 30.0 Å². The van der Waals surface area contributed by atoms with Crippen molar-refractivity contribution >= 4 is 46.7 Å². The average molecular weight is 354 g/mol. The Morgan fingerprint density at radius 2 is 1.90 bits per heavy atom. The van der Waals surface area contributed by atoms with E-state index in [9.17, 15) is 9.59 Å². The van der Waals surface area contributed by atoms with Gasteiger partial charge in [-0.15, -0.1) is 0 Å². The molecule has 116 valence electrons. The monoisotopic (exact) mass is 352 g/mol. The van der Waals surface area contributed by atoms with Crippen molar-refractivity contribution in [3.63, 3.8) is 0 Å². The van der Waals surface area contributed by atoms with E-state index in [4.69, 9.17) is 34.8 Å². The Balaban J connectivity index is 2.97. The molecule has 1 aromatic rings. The number of rotatable bonds is 5. The van der Waals surface area contributed by atoms with Crippen molar-refractivity contribution in [3.05, 3.63) is 27.0 Å². The van der Waals surface area contributed by atoms with E-state index in [1.165, 1.54) is 13.3 Å². The molecular formula is C13H15Cl3N2O3. The van der Waals surface area contributed by atoms with Crippen LogP contribution >= 0.6 is 34.8 Å². The lowest BCUT2D eigenvalue weighted by Gasteiger charge is -2.18. The summed E-state index contributed by atoms with van der Waals surface area (Å²) in [5.74, 6) is -0.963. The number of hydrogen-bond donors (Lipinski definition) is 1. The topological polar surface area (TPSA) is 68.3 Å². The van der Waals surface area contributed by atoms with Gasteiger partial charge in [0, 0.05) is 6.20 Å². The molecule has 1 heterocycles. The maximum Gasteiger partial charge on any atom is 0.328 e. The quantitative estimate of drug-likeness (QED) is 0.824. The van der Waals surface area contributed by atoms with Gasteiger partial charge in [-0.25, -0.2) is 9.78 Å². The van der Waals surface area contributed by atoms with Gasteiger partial charge < -0.3 is 10.1 Å². The summed E-state index contributed by atoms with van der Waals surface area (Å²) in [7, 11) is 1.26. The van der Waals surface area contributed by atoms with Crippen LogP contribution in [0.1, 0.15) is 30.8 Å². The number of esters is 1. The molecular weight excluding hydrogens is 339 g/mol. The van der Waals surface area contributed by atoms with Crippen LogP contribution in [-0.2, 0) is 9.53 Å². The van der Waals surface area contributed by atoms with Crippen LogP contribution in [0.2, 0.25) is 15.1 Å². The van der Waals surface area contributed by atoms with Crippen LogP contribution in [0.15, 0.2) is 6.20 Å². The SMILES string of the molecule is COC(=O)C(CC(C)C)NC(=O)c1ncc(Cl)c(Cl)c1Cl. The van der Waals surface area contributed by atoms with Gasteiger partial charge in [0.15, 0.2) is 0 Å². The number of carbonyl (C=O) groups excluding carboxylic acids is 2. The van der Waals surface area contributed by atoms with Gasteiger partial charge in [-0.3, -0.25) is 4.79 Å². The molecule has 1 rings (SSSR count). The van der Waals surface area contributed by atoms with E-state index < -0.39 is 17.9 Å². The second-order valence-corrected chi connectivity index (χ2v) is 5.92. The first-order valence-corrected chi connectivity index (χ1v) is 7.29.